The largest absolute Gasteiger partial charge is 0.308 e. The Labute approximate surface area is 341 Å². The van der Waals surface area contributed by atoms with Gasteiger partial charge in [-0.1, -0.05) is 179 Å². The van der Waals surface area contributed by atoms with E-state index in [9.17, 15) is 0 Å². The number of para-hydroxylation sites is 2. The molecule has 9 aromatic rings. The van der Waals surface area contributed by atoms with Crippen LogP contribution in [0.5, 0.6) is 0 Å². The van der Waals surface area contributed by atoms with E-state index in [0.717, 1.165) is 22.7 Å². The Morgan fingerprint density at radius 2 is 0.966 bits per heavy atom. The van der Waals surface area contributed by atoms with Crippen molar-refractivity contribution in [3.63, 3.8) is 0 Å². The van der Waals surface area contributed by atoms with Crippen LogP contribution in [0.15, 0.2) is 194 Å². The SMILES string of the molecule is CC1(C)c2ccccc2-c2ccc(N(c3ccccc3)c3ccc4ccccc4c3N3c4ccccc4C(C)(C)c4c(-c5cccc6ccccc56)cccc43)cc21. The van der Waals surface area contributed by atoms with E-state index in [0.29, 0.717) is 0 Å². The van der Waals surface area contributed by atoms with Gasteiger partial charge in [-0.3, -0.25) is 0 Å². The van der Waals surface area contributed by atoms with Gasteiger partial charge in [0.1, 0.15) is 0 Å². The molecule has 0 N–H and O–H groups in total. The first-order valence-electron chi connectivity index (χ1n) is 20.4. The van der Waals surface area contributed by atoms with Crippen LogP contribution in [0.2, 0.25) is 0 Å². The molecule has 0 bridgehead atoms. The lowest BCUT2D eigenvalue weighted by Gasteiger charge is -2.44. The minimum atomic E-state index is -0.291. The second-order valence-electron chi connectivity index (χ2n) is 16.9. The number of benzene rings is 9. The van der Waals surface area contributed by atoms with Gasteiger partial charge in [0, 0.05) is 27.6 Å². The summed E-state index contributed by atoms with van der Waals surface area (Å²) in [6.45, 7) is 9.54. The molecule has 278 valence electrons. The lowest BCUT2D eigenvalue weighted by Crippen LogP contribution is -2.32. The molecular formula is C56H44N2. The van der Waals surface area contributed by atoms with Gasteiger partial charge in [-0.25, -0.2) is 0 Å². The third-order valence-electron chi connectivity index (χ3n) is 13.0. The fraction of sp³-hybridized carbons (Fsp3) is 0.107. The van der Waals surface area contributed by atoms with Gasteiger partial charge in [0.15, 0.2) is 0 Å². The molecule has 0 atom stereocenters. The highest BCUT2D eigenvalue weighted by Crippen LogP contribution is 2.59. The molecule has 0 spiro atoms. The fourth-order valence-corrected chi connectivity index (χ4v) is 10.3. The molecule has 0 saturated heterocycles. The van der Waals surface area contributed by atoms with Crippen molar-refractivity contribution in [3.05, 3.63) is 216 Å². The summed E-state index contributed by atoms with van der Waals surface area (Å²) in [7, 11) is 0. The number of rotatable bonds is 5. The van der Waals surface area contributed by atoms with Gasteiger partial charge in [0.2, 0.25) is 0 Å². The molecule has 11 rings (SSSR count). The van der Waals surface area contributed by atoms with Gasteiger partial charge < -0.3 is 9.80 Å². The van der Waals surface area contributed by atoms with Crippen LogP contribution in [0.25, 0.3) is 43.8 Å². The maximum atomic E-state index is 2.57. The van der Waals surface area contributed by atoms with E-state index in [1.165, 1.54) is 77.4 Å². The van der Waals surface area contributed by atoms with Crippen LogP contribution in [-0.2, 0) is 10.8 Å². The first kappa shape index (κ1) is 34.4. The monoisotopic (exact) mass is 744 g/mol. The van der Waals surface area contributed by atoms with Crippen molar-refractivity contribution in [2.75, 3.05) is 9.80 Å². The predicted molar refractivity (Wildman–Crippen MR) is 246 cm³/mol. The van der Waals surface area contributed by atoms with Crippen molar-refractivity contribution in [1.82, 2.24) is 0 Å². The Hall–Kier alpha value is -6.90. The average molecular weight is 745 g/mol. The van der Waals surface area contributed by atoms with Crippen molar-refractivity contribution in [3.8, 4) is 22.3 Å². The first-order chi connectivity index (χ1) is 28.3. The van der Waals surface area contributed by atoms with Crippen molar-refractivity contribution in [1.29, 1.82) is 0 Å². The number of hydrogen-bond acceptors (Lipinski definition) is 2. The molecule has 1 aliphatic heterocycles. The molecule has 58 heavy (non-hydrogen) atoms. The maximum absolute atomic E-state index is 2.57. The van der Waals surface area contributed by atoms with Gasteiger partial charge in [0.05, 0.1) is 22.7 Å². The summed E-state index contributed by atoms with van der Waals surface area (Å²) in [6.07, 6.45) is 0. The quantitative estimate of drug-likeness (QED) is 0.173. The summed E-state index contributed by atoms with van der Waals surface area (Å²) in [4.78, 5) is 5.06. The van der Waals surface area contributed by atoms with Crippen LogP contribution in [0, 0.1) is 0 Å². The van der Waals surface area contributed by atoms with Crippen LogP contribution in [-0.4, -0.2) is 0 Å². The fourth-order valence-electron chi connectivity index (χ4n) is 10.3. The smallest absolute Gasteiger partial charge is 0.0781 e. The lowest BCUT2D eigenvalue weighted by atomic mass is 9.70. The van der Waals surface area contributed by atoms with E-state index >= 15 is 0 Å². The second kappa shape index (κ2) is 12.8. The summed E-state index contributed by atoms with van der Waals surface area (Å²) < 4.78 is 0. The molecule has 0 saturated carbocycles. The highest BCUT2D eigenvalue weighted by Gasteiger charge is 2.41. The highest BCUT2D eigenvalue weighted by atomic mass is 15.2. The standard InChI is InChI=1S/C56H44N2/c1-55(2)47-28-13-12-25-44(47)45-34-33-40(36-49(45)55)57(39-21-6-5-7-22-39)52-35-32-38-19-9-11-24-42(38)54(52)58-50-30-15-14-29-48(50)56(3,4)53-46(27-17-31-51(53)58)43-26-16-20-37-18-8-10-23-41(37)43/h5-36H,1-4H3. The van der Waals surface area contributed by atoms with E-state index in [4.69, 9.17) is 0 Å². The number of hydrogen-bond donors (Lipinski definition) is 0. The van der Waals surface area contributed by atoms with Crippen LogP contribution in [0.1, 0.15) is 49.9 Å². The predicted octanol–water partition coefficient (Wildman–Crippen LogP) is 15.5. The first-order valence-corrected chi connectivity index (χ1v) is 20.4. The molecule has 2 heteroatoms. The van der Waals surface area contributed by atoms with E-state index < -0.39 is 0 Å². The summed E-state index contributed by atoms with van der Waals surface area (Å²) in [5.74, 6) is 0. The van der Waals surface area contributed by atoms with Crippen molar-refractivity contribution in [2.24, 2.45) is 0 Å². The molecule has 0 radical (unpaired) electrons. The molecule has 0 aromatic heterocycles. The van der Waals surface area contributed by atoms with Crippen molar-refractivity contribution >= 4 is 55.7 Å². The number of anilines is 6. The normalized spacial score (nSPS) is 14.4. The number of nitrogens with zero attached hydrogens (tertiary/aromatic N) is 2. The van der Waals surface area contributed by atoms with Crippen LogP contribution in [0.4, 0.5) is 34.1 Å². The van der Waals surface area contributed by atoms with Crippen LogP contribution < -0.4 is 9.80 Å². The summed E-state index contributed by atoms with van der Waals surface area (Å²) in [5.41, 5.74) is 17.0. The Morgan fingerprint density at radius 1 is 0.379 bits per heavy atom. The molecular weight excluding hydrogens is 701 g/mol. The third-order valence-corrected chi connectivity index (χ3v) is 13.0. The molecule has 1 aliphatic carbocycles. The van der Waals surface area contributed by atoms with E-state index in [1.54, 1.807) is 0 Å². The van der Waals surface area contributed by atoms with Gasteiger partial charge in [-0.05, 0) is 103 Å². The Morgan fingerprint density at radius 3 is 1.79 bits per heavy atom. The number of fused-ring (bicyclic) bond motifs is 7. The molecule has 0 unspecified atom stereocenters. The Kier molecular flexibility index (Phi) is 7.59. The van der Waals surface area contributed by atoms with Gasteiger partial charge in [-0.15, -0.1) is 0 Å². The van der Waals surface area contributed by atoms with Gasteiger partial charge in [0.25, 0.3) is 0 Å². The molecule has 9 aromatic carbocycles. The van der Waals surface area contributed by atoms with Gasteiger partial charge in [-0.2, -0.15) is 0 Å². The van der Waals surface area contributed by atoms with E-state index in [2.05, 4.69) is 232 Å². The zero-order chi connectivity index (χ0) is 39.2. The van der Waals surface area contributed by atoms with Crippen molar-refractivity contribution < 1.29 is 0 Å². The molecule has 0 amide bonds. The Bertz CT molecular complexity index is 3080. The maximum Gasteiger partial charge on any atom is 0.0781 e. The molecule has 2 nitrogen and oxygen atoms in total. The zero-order valence-electron chi connectivity index (χ0n) is 33.4. The van der Waals surface area contributed by atoms with Crippen LogP contribution >= 0.6 is 0 Å². The van der Waals surface area contributed by atoms with Crippen LogP contribution in [0.3, 0.4) is 0 Å². The molecule has 2 aliphatic rings. The third kappa shape index (κ3) is 4.98. The minimum Gasteiger partial charge on any atom is -0.308 e. The molecule has 1 heterocycles. The second-order valence-corrected chi connectivity index (χ2v) is 16.9. The molecule has 0 fully saturated rings. The van der Waals surface area contributed by atoms with E-state index in [-0.39, 0.29) is 10.8 Å². The van der Waals surface area contributed by atoms with Crippen molar-refractivity contribution in [2.45, 2.75) is 38.5 Å². The highest BCUT2D eigenvalue weighted by molar-refractivity contribution is 6.10. The average Bonchev–Trinajstić information content (AvgIpc) is 3.49. The van der Waals surface area contributed by atoms with E-state index in [1.807, 2.05) is 0 Å². The Balaban J connectivity index is 1.22. The van der Waals surface area contributed by atoms with Gasteiger partial charge >= 0.3 is 0 Å². The topological polar surface area (TPSA) is 6.48 Å². The minimum absolute atomic E-state index is 0.134. The lowest BCUT2D eigenvalue weighted by molar-refractivity contribution is 0.634. The summed E-state index contributed by atoms with van der Waals surface area (Å²) in [5, 5.41) is 4.92. The summed E-state index contributed by atoms with van der Waals surface area (Å²) in [6, 6.07) is 71.9. The summed E-state index contributed by atoms with van der Waals surface area (Å²) >= 11 is 0. The zero-order valence-corrected chi connectivity index (χ0v) is 33.4.